The van der Waals surface area contributed by atoms with Crippen LogP contribution in [-0.4, -0.2) is 29.6 Å². The van der Waals surface area contributed by atoms with Gasteiger partial charge in [0.15, 0.2) is 0 Å². The van der Waals surface area contributed by atoms with E-state index in [-0.39, 0.29) is 10.8 Å². The Balaban J connectivity index is 1.83. The summed E-state index contributed by atoms with van der Waals surface area (Å²) < 4.78 is 0. The van der Waals surface area contributed by atoms with Crippen molar-refractivity contribution in [3.63, 3.8) is 0 Å². The van der Waals surface area contributed by atoms with Gasteiger partial charge in [-0.05, 0) is 29.6 Å². The van der Waals surface area contributed by atoms with Crippen LogP contribution in [0.4, 0.5) is 0 Å². The zero-order chi connectivity index (χ0) is 13.1. The Bertz CT molecular complexity index is 355. The highest BCUT2D eigenvalue weighted by molar-refractivity contribution is 5.82. The van der Waals surface area contributed by atoms with Crippen molar-refractivity contribution in [2.75, 3.05) is 6.54 Å². The van der Waals surface area contributed by atoms with E-state index in [2.05, 4.69) is 37.9 Å². The third-order valence-corrected chi connectivity index (χ3v) is 6.12. The lowest BCUT2D eigenvalue weighted by Gasteiger charge is -2.31. The molecule has 102 valence electrons. The summed E-state index contributed by atoms with van der Waals surface area (Å²) >= 11 is 0. The minimum absolute atomic E-state index is 0.255. The van der Waals surface area contributed by atoms with E-state index in [9.17, 15) is 4.79 Å². The van der Waals surface area contributed by atoms with Crippen molar-refractivity contribution in [1.82, 2.24) is 10.2 Å². The average Bonchev–Trinajstić information content (AvgIpc) is 2.78. The van der Waals surface area contributed by atoms with Crippen molar-refractivity contribution in [2.24, 2.45) is 16.7 Å². The van der Waals surface area contributed by atoms with Gasteiger partial charge in [-0.15, -0.1) is 0 Å². The third-order valence-electron chi connectivity index (χ3n) is 6.12. The molecule has 3 aliphatic rings. The molecule has 2 saturated carbocycles. The first-order valence-electron chi connectivity index (χ1n) is 7.42. The molecule has 2 aliphatic carbocycles. The molecule has 1 aliphatic heterocycles. The summed E-state index contributed by atoms with van der Waals surface area (Å²) in [5.74, 6) is 0.999. The largest absolute Gasteiger partial charge is 0.322 e. The molecule has 0 aromatic carbocycles. The first kappa shape index (κ1) is 12.5. The number of rotatable bonds is 2. The van der Waals surface area contributed by atoms with Crippen LogP contribution in [0.3, 0.4) is 0 Å². The van der Waals surface area contributed by atoms with Crippen LogP contribution in [0.15, 0.2) is 0 Å². The van der Waals surface area contributed by atoms with Crippen LogP contribution in [0.2, 0.25) is 0 Å². The van der Waals surface area contributed by atoms with E-state index >= 15 is 0 Å². The van der Waals surface area contributed by atoms with Crippen LogP contribution < -0.4 is 5.32 Å². The summed E-state index contributed by atoms with van der Waals surface area (Å²) in [4.78, 5) is 14.5. The quantitative estimate of drug-likeness (QED) is 0.816. The molecule has 0 aromatic rings. The first-order chi connectivity index (χ1) is 8.37. The molecule has 1 amide bonds. The van der Waals surface area contributed by atoms with E-state index in [1.54, 1.807) is 0 Å². The molecule has 1 N–H and O–H groups in total. The van der Waals surface area contributed by atoms with E-state index < -0.39 is 0 Å². The predicted molar refractivity (Wildman–Crippen MR) is 71.9 cm³/mol. The van der Waals surface area contributed by atoms with E-state index in [1.165, 1.54) is 25.7 Å². The van der Waals surface area contributed by atoms with Gasteiger partial charge in [0.25, 0.3) is 0 Å². The topological polar surface area (TPSA) is 32.3 Å². The lowest BCUT2D eigenvalue weighted by atomic mass is 10.0. The molecule has 0 spiro atoms. The van der Waals surface area contributed by atoms with Crippen molar-refractivity contribution in [3.05, 3.63) is 0 Å². The molecule has 1 saturated heterocycles. The van der Waals surface area contributed by atoms with Gasteiger partial charge in [0.2, 0.25) is 5.91 Å². The summed E-state index contributed by atoms with van der Waals surface area (Å²) in [6.45, 7) is 9.75. The lowest BCUT2D eigenvalue weighted by Crippen LogP contribution is -2.45. The van der Waals surface area contributed by atoms with Crippen molar-refractivity contribution >= 4 is 5.91 Å². The van der Waals surface area contributed by atoms with Crippen LogP contribution in [0.25, 0.3) is 0 Å². The second kappa shape index (κ2) is 3.72. The Morgan fingerprint density at radius 2 is 1.67 bits per heavy atom. The molecule has 3 fully saturated rings. The number of carbonyl (C=O) groups excluding carboxylic acids is 1. The zero-order valence-electron chi connectivity index (χ0n) is 12.1. The second-order valence-corrected chi connectivity index (χ2v) is 7.52. The smallest absolute Gasteiger partial charge is 0.238 e. The molecular weight excluding hydrogens is 224 g/mol. The van der Waals surface area contributed by atoms with E-state index in [1.807, 2.05) is 0 Å². The average molecular weight is 250 g/mol. The Hall–Kier alpha value is -0.570. The minimum atomic E-state index is 0.255. The predicted octanol–water partition coefficient (Wildman–Crippen LogP) is 2.37. The van der Waals surface area contributed by atoms with Crippen LogP contribution >= 0.6 is 0 Å². The molecule has 1 atom stereocenters. The summed E-state index contributed by atoms with van der Waals surface area (Å²) in [6, 6.07) is 0.415. The van der Waals surface area contributed by atoms with E-state index in [0.717, 1.165) is 0 Å². The molecular formula is C15H26N2O. The normalized spacial score (nSPS) is 35.4. The number of amides is 1. The fourth-order valence-corrected chi connectivity index (χ4v) is 4.37. The standard InChI is InChI=1S/C15H26N2O/c1-14(2)13(15(14,3)4)17-11(18)9-16-12(17)10-7-5-6-8-10/h10,12-13,16H,5-9H2,1-4H3. The molecule has 0 bridgehead atoms. The zero-order valence-corrected chi connectivity index (χ0v) is 12.1. The van der Waals surface area contributed by atoms with E-state index in [0.29, 0.717) is 30.6 Å². The van der Waals surface area contributed by atoms with Crippen LogP contribution in [-0.2, 0) is 4.79 Å². The van der Waals surface area contributed by atoms with Crippen LogP contribution in [0, 0.1) is 16.7 Å². The van der Waals surface area contributed by atoms with E-state index in [4.69, 9.17) is 0 Å². The van der Waals surface area contributed by atoms with Gasteiger partial charge < -0.3 is 4.90 Å². The highest BCUT2D eigenvalue weighted by Crippen LogP contribution is 2.66. The van der Waals surface area contributed by atoms with Crippen molar-refractivity contribution in [1.29, 1.82) is 0 Å². The SMILES string of the molecule is CC1(C)C(N2C(=O)CNC2C2CCCC2)C1(C)C. The Morgan fingerprint density at radius 1 is 1.11 bits per heavy atom. The summed E-state index contributed by atoms with van der Waals surface area (Å²) in [6.07, 6.45) is 5.56. The maximum Gasteiger partial charge on any atom is 0.238 e. The highest BCUT2D eigenvalue weighted by Gasteiger charge is 2.69. The van der Waals surface area contributed by atoms with Crippen molar-refractivity contribution < 1.29 is 4.79 Å². The van der Waals surface area contributed by atoms with Crippen molar-refractivity contribution in [2.45, 2.75) is 65.6 Å². The summed E-state index contributed by atoms with van der Waals surface area (Å²) in [7, 11) is 0. The molecule has 1 heterocycles. The molecule has 1 unspecified atom stereocenters. The van der Waals surface area contributed by atoms with Crippen LogP contribution in [0.5, 0.6) is 0 Å². The molecule has 3 nitrogen and oxygen atoms in total. The first-order valence-corrected chi connectivity index (χ1v) is 7.42. The van der Waals surface area contributed by atoms with Gasteiger partial charge in [0.1, 0.15) is 0 Å². The highest BCUT2D eigenvalue weighted by atomic mass is 16.2. The summed E-state index contributed by atoms with van der Waals surface area (Å²) in [5.41, 5.74) is 0.511. The molecule has 18 heavy (non-hydrogen) atoms. The number of hydrogen-bond acceptors (Lipinski definition) is 2. The fourth-order valence-electron chi connectivity index (χ4n) is 4.37. The molecule has 3 heteroatoms. The lowest BCUT2D eigenvalue weighted by molar-refractivity contribution is -0.130. The van der Waals surface area contributed by atoms with Gasteiger partial charge in [0, 0.05) is 6.04 Å². The number of hydrogen-bond donors (Lipinski definition) is 1. The summed E-state index contributed by atoms with van der Waals surface area (Å²) in [5, 5.41) is 3.47. The fraction of sp³-hybridized carbons (Fsp3) is 0.933. The molecule has 0 radical (unpaired) electrons. The maximum atomic E-state index is 12.3. The Morgan fingerprint density at radius 3 is 2.17 bits per heavy atom. The molecule has 3 rings (SSSR count). The van der Waals surface area contributed by atoms with Gasteiger partial charge in [-0.2, -0.15) is 0 Å². The Labute approximate surface area is 110 Å². The minimum Gasteiger partial charge on any atom is -0.322 e. The van der Waals surface area contributed by atoms with Gasteiger partial charge in [-0.3, -0.25) is 10.1 Å². The van der Waals surface area contributed by atoms with Crippen molar-refractivity contribution in [3.8, 4) is 0 Å². The third kappa shape index (κ3) is 1.49. The molecule has 0 aromatic heterocycles. The monoisotopic (exact) mass is 250 g/mol. The van der Waals surface area contributed by atoms with Gasteiger partial charge in [0.05, 0.1) is 12.7 Å². The number of carbonyl (C=O) groups is 1. The van der Waals surface area contributed by atoms with Gasteiger partial charge >= 0.3 is 0 Å². The number of nitrogens with zero attached hydrogens (tertiary/aromatic N) is 1. The van der Waals surface area contributed by atoms with Crippen LogP contribution in [0.1, 0.15) is 53.4 Å². The number of nitrogens with one attached hydrogen (secondary N) is 1. The second-order valence-electron chi connectivity index (χ2n) is 7.52. The maximum absolute atomic E-state index is 12.3. The van der Waals surface area contributed by atoms with Gasteiger partial charge in [-0.1, -0.05) is 40.5 Å². The Kier molecular flexibility index (Phi) is 2.58. The van der Waals surface area contributed by atoms with Gasteiger partial charge in [-0.25, -0.2) is 0 Å².